The third kappa shape index (κ3) is 5.04. The van der Waals surface area contributed by atoms with Crippen molar-refractivity contribution in [2.75, 3.05) is 5.32 Å². The summed E-state index contributed by atoms with van der Waals surface area (Å²) in [6.07, 6.45) is 4.84. The third-order valence-corrected chi connectivity index (χ3v) is 4.60. The van der Waals surface area contributed by atoms with Gasteiger partial charge in [-0.25, -0.2) is 0 Å². The van der Waals surface area contributed by atoms with Gasteiger partial charge in [0.05, 0.1) is 0 Å². The molecule has 0 spiro atoms. The van der Waals surface area contributed by atoms with E-state index < -0.39 is 0 Å². The van der Waals surface area contributed by atoms with Crippen molar-refractivity contribution in [3.8, 4) is 0 Å². The molecule has 3 aromatic rings. The van der Waals surface area contributed by atoms with Gasteiger partial charge >= 0.3 is 0 Å². The summed E-state index contributed by atoms with van der Waals surface area (Å²) < 4.78 is 0. The monoisotopic (exact) mass is 388 g/mol. The normalized spacial score (nSPS) is 10.6. The lowest BCUT2D eigenvalue weighted by Crippen LogP contribution is -2.24. The number of nitrogens with one attached hydrogen (secondary N) is 2. The molecule has 3 rings (SSSR count). The molecule has 2 heterocycles. The van der Waals surface area contributed by atoms with Gasteiger partial charge in [0.25, 0.3) is 11.8 Å². The van der Waals surface area contributed by atoms with Crippen molar-refractivity contribution in [3.63, 3.8) is 0 Å². The molecule has 0 aliphatic carbocycles. The summed E-state index contributed by atoms with van der Waals surface area (Å²) in [4.78, 5) is 33.4. The molecule has 2 N–H and O–H groups in total. The van der Waals surface area contributed by atoms with Crippen LogP contribution in [0.2, 0.25) is 0 Å². The highest BCUT2D eigenvalue weighted by Crippen LogP contribution is 2.27. The minimum Gasteiger partial charge on any atom is -0.348 e. The summed E-state index contributed by atoms with van der Waals surface area (Å²) in [5, 5.41) is 5.78. The van der Waals surface area contributed by atoms with E-state index in [0.29, 0.717) is 12.1 Å². The van der Waals surface area contributed by atoms with Crippen LogP contribution in [0.15, 0.2) is 61.1 Å². The number of aryl methyl sites for hydroxylation is 1. The average Bonchev–Trinajstić information content (AvgIpc) is 2.74. The molecule has 1 aromatic carbocycles. The van der Waals surface area contributed by atoms with Crippen LogP contribution >= 0.6 is 0 Å². The predicted molar refractivity (Wildman–Crippen MR) is 113 cm³/mol. The Kier molecular flexibility index (Phi) is 6.34. The fourth-order valence-electron chi connectivity index (χ4n) is 3.00. The van der Waals surface area contributed by atoms with Gasteiger partial charge in [0, 0.05) is 36.4 Å². The molecule has 2 amide bonds. The van der Waals surface area contributed by atoms with Gasteiger partial charge in [-0.2, -0.15) is 0 Å². The second-order valence-corrected chi connectivity index (χ2v) is 7.12. The number of rotatable bonds is 6. The Labute approximate surface area is 170 Å². The van der Waals surface area contributed by atoms with Crippen molar-refractivity contribution in [1.82, 2.24) is 15.3 Å². The van der Waals surface area contributed by atoms with E-state index in [-0.39, 0.29) is 23.4 Å². The van der Waals surface area contributed by atoms with Crippen LogP contribution in [0.3, 0.4) is 0 Å². The van der Waals surface area contributed by atoms with Crippen LogP contribution < -0.4 is 10.6 Å². The molecule has 0 saturated heterocycles. The maximum Gasteiger partial charge on any atom is 0.274 e. The number of hydrogen-bond acceptors (Lipinski definition) is 4. The molecular formula is C23H24N4O2. The molecule has 148 valence electrons. The number of carbonyl (C=O) groups excluding carboxylic acids is 2. The van der Waals surface area contributed by atoms with Crippen LogP contribution in [-0.4, -0.2) is 21.8 Å². The quantitative estimate of drug-likeness (QED) is 0.666. The van der Waals surface area contributed by atoms with E-state index in [1.54, 1.807) is 18.5 Å². The lowest BCUT2D eigenvalue weighted by atomic mass is 9.98. The van der Waals surface area contributed by atoms with Gasteiger partial charge in [0.1, 0.15) is 5.69 Å². The molecule has 0 saturated carbocycles. The van der Waals surface area contributed by atoms with Gasteiger partial charge in [-0.1, -0.05) is 38.1 Å². The second kappa shape index (κ2) is 9.10. The molecule has 0 aliphatic rings. The van der Waals surface area contributed by atoms with Crippen molar-refractivity contribution < 1.29 is 9.59 Å². The van der Waals surface area contributed by atoms with Gasteiger partial charge in [-0.05, 0) is 47.7 Å². The third-order valence-electron chi connectivity index (χ3n) is 4.60. The number of para-hydroxylation sites is 1. The molecular weight excluding hydrogens is 364 g/mol. The van der Waals surface area contributed by atoms with Crippen molar-refractivity contribution >= 4 is 17.5 Å². The number of anilines is 1. The van der Waals surface area contributed by atoms with Crippen LogP contribution in [0.5, 0.6) is 0 Å². The Morgan fingerprint density at radius 3 is 2.59 bits per heavy atom. The first-order chi connectivity index (χ1) is 14.0. The predicted octanol–water partition coefficient (Wildman–Crippen LogP) is 4.09. The van der Waals surface area contributed by atoms with Crippen LogP contribution in [0.25, 0.3) is 0 Å². The number of pyridine rings is 2. The van der Waals surface area contributed by atoms with E-state index in [1.807, 2.05) is 37.3 Å². The van der Waals surface area contributed by atoms with E-state index in [4.69, 9.17) is 0 Å². The molecule has 0 atom stereocenters. The Bertz CT molecular complexity index is 1020. The van der Waals surface area contributed by atoms with E-state index in [2.05, 4.69) is 34.4 Å². The standard InChI is InChI=1S/C23H24N4O2/c1-15(2)19-8-4-6-16(3)21(19)27-23(29)20-12-18(9-11-25-20)22(28)26-14-17-7-5-10-24-13-17/h4-13,15H,14H2,1-3H3,(H,26,28)(H,27,29). The summed E-state index contributed by atoms with van der Waals surface area (Å²) in [6.45, 7) is 6.47. The number of hydrogen-bond donors (Lipinski definition) is 2. The SMILES string of the molecule is Cc1cccc(C(C)C)c1NC(=O)c1cc(C(=O)NCc2cccnc2)ccn1. The van der Waals surface area contributed by atoms with E-state index in [1.165, 1.54) is 12.3 Å². The molecule has 0 bridgehead atoms. The highest BCUT2D eigenvalue weighted by molar-refractivity contribution is 6.05. The van der Waals surface area contributed by atoms with Crippen LogP contribution in [0.1, 0.15) is 57.3 Å². The minimum atomic E-state index is -0.344. The lowest BCUT2D eigenvalue weighted by molar-refractivity contribution is 0.0950. The largest absolute Gasteiger partial charge is 0.348 e. The zero-order valence-corrected chi connectivity index (χ0v) is 16.8. The zero-order valence-electron chi connectivity index (χ0n) is 16.8. The Morgan fingerprint density at radius 1 is 1.03 bits per heavy atom. The van der Waals surface area contributed by atoms with Crippen molar-refractivity contribution in [2.24, 2.45) is 0 Å². The smallest absolute Gasteiger partial charge is 0.274 e. The fraction of sp³-hybridized carbons (Fsp3) is 0.217. The number of nitrogens with zero attached hydrogens (tertiary/aromatic N) is 2. The number of benzene rings is 1. The summed E-state index contributed by atoms with van der Waals surface area (Å²) >= 11 is 0. The van der Waals surface area contributed by atoms with Gasteiger partial charge in [0.2, 0.25) is 0 Å². The van der Waals surface area contributed by atoms with E-state index >= 15 is 0 Å². The number of amides is 2. The number of carbonyl (C=O) groups is 2. The Hall–Kier alpha value is -3.54. The van der Waals surface area contributed by atoms with Gasteiger partial charge in [0.15, 0.2) is 0 Å². The maximum atomic E-state index is 12.8. The van der Waals surface area contributed by atoms with Crippen molar-refractivity contribution in [3.05, 3.63) is 89.0 Å². The molecule has 2 aromatic heterocycles. The fourth-order valence-corrected chi connectivity index (χ4v) is 3.00. The summed E-state index contributed by atoms with van der Waals surface area (Å²) in [5.74, 6) is -0.352. The highest BCUT2D eigenvalue weighted by atomic mass is 16.2. The van der Waals surface area contributed by atoms with Crippen LogP contribution in [0.4, 0.5) is 5.69 Å². The molecule has 6 heteroatoms. The topological polar surface area (TPSA) is 84.0 Å². The van der Waals surface area contributed by atoms with Crippen molar-refractivity contribution in [1.29, 1.82) is 0 Å². The van der Waals surface area contributed by atoms with E-state index in [9.17, 15) is 9.59 Å². The van der Waals surface area contributed by atoms with Crippen LogP contribution in [-0.2, 0) is 6.54 Å². The molecule has 6 nitrogen and oxygen atoms in total. The van der Waals surface area contributed by atoms with Gasteiger partial charge in [-0.3, -0.25) is 19.6 Å². The second-order valence-electron chi connectivity index (χ2n) is 7.12. The molecule has 0 radical (unpaired) electrons. The zero-order chi connectivity index (χ0) is 20.8. The molecule has 29 heavy (non-hydrogen) atoms. The Balaban J connectivity index is 1.74. The summed E-state index contributed by atoms with van der Waals surface area (Å²) in [6, 6.07) is 12.7. The number of aromatic nitrogens is 2. The minimum absolute atomic E-state index is 0.192. The van der Waals surface area contributed by atoms with Gasteiger partial charge in [-0.15, -0.1) is 0 Å². The maximum absolute atomic E-state index is 12.8. The molecule has 0 aliphatic heterocycles. The van der Waals surface area contributed by atoms with E-state index in [0.717, 1.165) is 22.4 Å². The van der Waals surface area contributed by atoms with Crippen molar-refractivity contribution in [2.45, 2.75) is 33.2 Å². The lowest BCUT2D eigenvalue weighted by Gasteiger charge is -2.16. The van der Waals surface area contributed by atoms with Crippen LogP contribution in [0, 0.1) is 6.92 Å². The van der Waals surface area contributed by atoms with Gasteiger partial charge < -0.3 is 10.6 Å². The highest BCUT2D eigenvalue weighted by Gasteiger charge is 2.16. The first-order valence-corrected chi connectivity index (χ1v) is 9.49. The Morgan fingerprint density at radius 2 is 1.86 bits per heavy atom. The summed E-state index contributed by atoms with van der Waals surface area (Å²) in [7, 11) is 0. The average molecular weight is 388 g/mol. The first kappa shape index (κ1) is 20.2. The molecule has 0 fully saturated rings. The summed E-state index contributed by atoms with van der Waals surface area (Å²) in [5.41, 5.74) is 4.30. The molecule has 0 unspecified atom stereocenters. The first-order valence-electron chi connectivity index (χ1n) is 9.49.